The molecule has 0 radical (unpaired) electrons. The summed E-state index contributed by atoms with van der Waals surface area (Å²) in [5, 5.41) is 11.4. The zero-order valence-corrected chi connectivity index (χ0v) is 13.7. The number of benzene rings is 1. The topological polar surface area (TPSA) is 95.9 Å². The lowest BCUT2D eigenvalue weighted by molar-refractivity contribution is -0.143. The first kappa shape index (κ1) is 18.6. The van der Waals surface area contributed by atoms with Crippen molar-refractivity contribution in [3.63, 3.8) is 0 Å². The summed E-state index contributed by atoms with van der Waals surface area (Å²) < 4.78 is 31.9. The molecular weight excluding hydrogens is 338 g/mol. The third-order valence-electron chi connectivity index (χ3n) is 4.00. The van der Waals surface area contributed by atoms with Gasteiger partial charge in [-0.2, -0.15) is 0 Å². The van der Waals surface area contributed by atoms with E-state index in [1.165, 1.54) is 4.90 Å². The monoisotopic (exact) mass is 356 g/mol. The van der Waals surface area contributed by atoms with Gasteiger partial charge in [-0.25, -0.2) is 18.4 Å². The third-order valence-corrected chi connectivity index (χ3v) is 4.00. The Balaban J connectivity index is 2.19. The number of anilines is 1. The molecule has 0 aromatic heterocycles. The van der Waals surface area contributed by atoms with Crippen LogP contribution in [0, 0.1) is 23.5 Å². The number of piperidine rings is 1. The highest BCUT2D eigenvalue weighted by molar-refractivity contribution is 5.94. The number of likely N-dealkylation sites (tertiary alicyclic amines) is 1. The van der Waals surface area contributed by atoms with Crippen molar-refractivity contribution < 1.29 is 33.0 Å². The largest absolute Gasteiger partial charge is 0.481 e. The molecule has 2 rings (SSSR count). The zero-order chi connectivity index (χ0) is 18.7. The van der Waals surface area contributed by atoms with Crippen molar-refractivity contribution in [3.8, 4) is 0 Å². The summed E-state index contributed by atoms with van der Waals surface area (Å²) in [4.78, 5) is 36.2. The number of nitrogens with one attached hydrogen (secondary N) is 1. The molecule has 7 nitrogen and oxygen atoms in total. The molecule has 2 unspecified atom stereocenters. The van der Waals surface area contributed by atoms with Crippen molar-refractivity contribution in [1.29, 1.82) is 0 Å². The number of carboxylic acids is 1. The van der Waals surface area contributed by atoms with E-state index in [1.54, 1.807) is 0 Å². The van der Waals surface area contributed by atoms with Crippen molar-refractivity contribution in [3.05, 3.63) is 29.3 Å². The number of esters is 1. The average molecular weight is 356 g/mol. The molecule has 2 atom stereocenters. The number of urea groups is 1. The fourth-order valence-corrected chi connectivity index (χ4v) is 2.80. The van der Waals surface area contributed by atoms with Crippen LogP contribution in [0.15, 0.2) is 12.1 Å². The maximum Gasteiger partial charge on any atom is 0.340 e. The highest BCUT2D eigenvalue weighted by atomic mass is 19.1. The number of carboxylic acid groups (broad SMARTS) is 1. The lowest BCUT2D eigenvalue weighted by Gasteiger charge is -2.34. The number of nitrogens with zero attached hydrogens (tertiary/aromatic N) is 1. The number of carbonyl (C=O) groups is 3. The van der Waals surface area contributed by atoms with Gasteiger partial charge >= 0.3 is 18.0 Å². The number of hydrogen-bond acceptors (Lipinski definition) is 4. The average Bonchev–Trinajstić information content (AvgIpc) is 2.55. The molecule has 0 bridgehead atoms. The maximum atomic E-state index is 13.9. The number of halogens is 2. The van der Waals surface area contributed by atoms with Crippen molar-refractivity contribution >= 4 is 23.7 Å². The van der Waals surface area contributed by atoms with Crippen LogP contribution in [0.25, 0.3) is 0 Å². The number of hydrogen-bond donors (Lipinski definition) is 2. The molecule has 0 aliphatic carbocycles. The highest BCUT2D eigenvalue weighted by Crippen LogP contribution is 2.24. The molecule has 1 aliphatic rings. The molecule has 9 heteroatoms. The number of aliphatic carboxylic acids is 1. The SMILES string of the molecule is COC(=O)c1cc(NC(=O)N2CC(C)CC(C(=O)O)C2)c(F)cc1F. The molecule has 1 aromatic carbocycles. The van der Waals surface area contributed by atoms with Crippen LogP contribution in [0.5, 0.6) is 0 Å². The number of carbonyl (C=O) groups excluding carboxylic acids is 2. The predicted molar refractivity (Wildman–Crippen MR) is 83.2 cm³/mol. The van der Waals surface area contributed by atoms with E-state index in [1.807, 2.05) is 6.92 Å². The molecule has 1 saturated heterocycles. The van der Waals surface area contributed by atoms with Gasteiger partial charge in [-0.05, 0) is 18.4 Å². The molecule has 1 heterocycles. The van der Waals surface area contributed by atoms with Crippen LogP contribution >= 0.6 is 0 Å². The Morgan fingerprint density at radius 1 is 1.24 bits per heavy atom. The van der Waals surface area contributed by atoms with E-state index >= 15 is 0 Å². The number of amides is 2. The second-order valence-electron chi connectivity index (χ2n) is 6.01. The normalized spacial score (nSPS) is 20.1. The molecule has 25 heavy (non-hydrogen) atoms. The molecule has 0 spiro atoms. The third kappa shape index (κ3) is 4.23. The predicted octanol–water partition coefficient (Wildman–Crippen LogP) is 2.33. The van der Waals surface area contributed by atoms with Gasteiger partial charge < -0.3 is 20.1 Å². The number of rotatable bonds is 3. The van der Waals surface area contributed by atoms with Gasteiger partial charge in [0.15, 0.2) is 0 Å². The summed E-state index contributed by atoms with van der Waals surface area (Å²) >= 11 is 0. The minimum absolute atomic E-state index is 0.0157. The van der Waals surface area contributed by atoms with E-state index in [0.717, 1.165) is 13.2 Å². The van der Waals surface area contributed by atoms with E-state index < -0.39 is 46.8 Å². The smallest absolute Gasteiger partial charge is 0.340 e. The molecule has 136 valence electrons. The van der Waals surface area contributed by atoms with Gasteiger partial charge in [0, 0.05) is 19.2 Å². The van der Waals surface area contributed by atoms with Gasteiger partial charge in [0.25, 0.3) is 0 Å². The summed E-state index contributed by atoms with van der Waals surface area (Å²) in [7, 11) is 1.05. The Morgan fingerprint density at radius 2 is 1.92 bits per heavy atom. The Hall–Kier alpha value is -2.71. The molecule has 1 aliphatic heterocycles. The van der Waals surface area contributed by atoms with Crippen LogP contribution in [-0.2, 0) is 9.53 Å². The van der Waals surface area contributed by atoms with Gasteiger partial charge in [-0.3, -0.25) is 4.79 Å². The fourth-order valence-electron chi connectivity index (χ4n) is 2.80. The molecule has 1 fully saturated rings. The second kappa shape index (κ2) is 7.45. The first-order valence-corrected chi connectivity index (χ1v) is 7.59. The molecule has 2 N–H and O–H groups in total. The Labute approximate surface area is 142 Å². The Kier molecular flexibility index (Phi) is 5.55. The van der Waals surface area contributed by atoms with Crippen molar-refractivity contribution in [1.82, 2.24) is 4.90 Å². The van der Waals surface area contributed by atoms with Crippen LogP contribution < -0.4 is 5.32 Å². The van der Waals surface area contributed by atoms with Crippen LogP contribution in [0.1, 0.15) is 23.7 Å². The van der Waals surface area contributed by atoms with E-state index in [0.29, 0.717) is 19.0 Å². The van der Waals surface area contributed by atoms with E-state index in [9.17, 15) is 23.2 Å². The van der Waals surface area contributed by atoms with Crippen molar-refractivity contribution in [2.24, 2.45) is 11.8 Å². The summed E-state index contributed by atoms with van der Waals surface area (Å²) in [5.74, 6) is -4.93. The van der Waals surface area contributed by atoms with E-state index in [-0.39, 0.29) is 12.5 Å². The van der Waals surface area contributed by atoms with Crippen LogP contribution in [0.3, 0.4) is 0 Å². The minimum Gasteiger partial charge on any atom is -0.481 e. The summed E-state index contributed by atoms with van der Waals surface area (Å²) in [6.07, 6.45) is 0.441. The fraction of sp³-hybridized carbons (Fsp3) is 0.438. The molecular formula is C16H18F2N2O5. The van der Waals surface area contributed by atoms with Crippen molar-refractivity contribution in [2.45, 2.75) is 13.3 Å². The van der Waals surface area contributed by atoms with Crippen LogP contribution in [-0.4, -0.2) is 48.2 Å². The molecule has 0 saturated carbocycles. The number of ether oxygens (including phenoxy) is 1. The van der Waals surface area contributed by atoms with Crippen LogP contribution in [0.4, 0.5) is 19.3 Å². The lowest BCUT2D eigenvalue weighted by atomic mass is 9.91. The summed E-state index contributed by atoms with van der Waals surface area (Å²) in [6, 6.07) is 0.594. The Morgan fingerprint density at radius 3 is 2.52 bits per heavy atom. The van der Waals surface area contributed by atoms with E-state index in [4.69, 9.17) is 5.11 Å². The van der Waals surface area contributed by atoms with Gasteiger partial charge in [0.05, 0.1) is 24.3 Å². The Bertz CT molecular complexity index is 710. The minimum atomic E-state index is -1.11. The summed E-state index contributed by atoms with van der Waals surface area (Å²) in [6.45, 7) is 2.10. The van der Waals surface area contributed by atoms with Gasteiger partial charge in [-0.15, -0.1) is 0 Å². The standard InChI is InChI=1S/C16H18F2N2O5/c1-8-3-9(14(21)22)7-20(6-8)16(24)19-13-4-10(15(23)25-2)11(17)5-12(13)18/h4-5,8-9H,3,6-7H2,1-2H3,(H,19,24)(H,21,22). The molecule has 2 amide bonds. The quantitative estimate of drug-likeness (QED) is 0.811. The van der Waals surface area contributed by atoms with Gasteiger partial charge in [-0.1, -0.05) is 6.92 Å². The van der Waals surface area contributed by atoms with Crippen LogP contribution in [0.2, 0.25) is 0 Å². The van der Waals surface area contributed by atoms with Gasteiger partial charge in [0.2, 0.25) is 0 Å². The van der Waals surface area contributed by atoms with Gasteiger partial charge in [0.1, 0.15) is 11.6 Å². The first-order chi connectivity index (χ1) is 11.7. The first-order valence-electron chi connectivity index (χ1n) is 7.59. The molecule has 1 aromatic rings. The highest BCUT2D eigenvalue weighted by Gasteiger charge is 2.32. The lowest BCUT2D eigenvalue weighted by Crippen LogP contribution is -2.47. The maximum absolute atomic E-state index is 13.9. The number of methoxy groups -OCH3 is 1. The van der Waals surface area contributed by atoms with E-state index in [2.05, 4.69) is 10.1 Å². The van der Waals surface area contributed by atoms with Crippen molar-refractivity contribution in [2.75, 3.05) is 25.5 Å². The zero-order valence-electron chi connectivity index (χ0n) is 13.7. The second-order valence-corrected chi connectivity index (χ2v) is 6.01. The summed E-state index contributed by atoms with van der Waals surface area (Å²) in [5.41, 5.74) is -0.911.